The van der Waals surface area contributed by atoms with Gasteiger partial charge in [-0.25, -0.2) is 43.9 Å². The minimum atomic E-state index is -8.94. The summed E-state index contributed by atoms with van der Waals surface area (Å²) >= 11 is 0. The van der Waals surface area contributed by atoms with Crippen molar-refractivity contribution >= 4 is 0 Å². The first-order valence-electron chi connectivity index (χ1n) is 9.28. The maximum atomic E-state index is 13.6. The van der Waals surface area contributed by atoms with E-state index < -0.39 is 96.8 Å². The number of halogens is 24. The normalized spacial score (nSPS) is 20.3. The van der Waals surface area contributed by atoms with E-state index >= 15 is 0 Å². The lowest BCUT2D eigenvalue weighted by Gasteiger charge is -2.41. The second kappa shape index (κ2) is 11.6. The fourth-order valence-corrected chi connectivity index (χ4v) is 2.35. The highest BCUT2D eigenvalue weighted by atomic mass is 19.4. The molecule has 41 heavy (non-hydrogen) atoms. The molecule has 25 heteroatoms. The number of rotatable bonds is 14. The predicted molar refractivity (Wildman–Crippen MR) is 81.5 cm³/mol. The average molecular weight is 672 g/mol. The van der Waals surface area contributed by atoms with Crippen LogP contribution in [0.4, 0.5) is 105 Å². The molecule has 246 valence electrons. The smallest absolute Gasteiger partial charge is 0.331 e. The lowest BCUT2D eigenvalue weighted by molar-refractivity contribution is -0.460. The Hall–Kier alpha value is -1.98. The molecule has 1 N–H and O–H groups in total. The van der Waals surface area contributed by atoms with Gasteiger partial charge in [-0.2, -0.15) is 61.5 Å². The summed E-state index contributed by atoms with van der Waals surface area (Å²) in [6.07, 6.45) is -40.9. The van der Waals surface area contributed by atoms with E-state index in [0.717, 1.165) is 0 Å². The fourth-order valence-electron chi connectivity index (χ4n) is 2.35. The van der Waals surface area contributed by atoms with Crippen molar-refractivity contribution in [2.24, 2.45) is 0 Å². The average Bonchev–Trinajstić information content (AvgIpc) is 2.83. The van der Waals surface area contributed by atoms with Crippen LogP contribution in [0.25, 0.3) is 0 Å². The summed E-state index contributed by atoms with van der Waals surface area (Å²) in [5.74, 6) is -61.7. The molecule has 0 heterocycles. The lowest BCUT2D eigenvalue weighted by atomic mass is 9.90. The van der Waals surface area contributed by atoms with Gasteiger partial charge in [-0.1, -0.05) is 0 Å². The molecule has 0 aromatic carbocycles. The van der Waals surface area contributed by atoms with Gasteiger partial charge in [0.2, 0.25) is 5.83 Å². The van der Waals surface area contributed by atoms with Gasteiger partial charge in [0.05, 0.1) is 0 Å². The van der Waals surface area contributed by atoms with E-state index in [1.54, 1.807) is 0 Å². The third-order valence-electron chi connectivity index (χ3n) is 4.81. The van der Waals surface area contributed by atoms with Crippen LogP contribution in [0.3, 0.4) is 0 Å². The first kappa shape index (κ1) is 39.0. The maximum Gasteiger partial charge on any atom is 0.423 e. The Bertz CT molecular complexity index is 921. The van der Waals surface area contributed by atoms with Gasteiger partial charge >= 0.3 is 41.6 Å². The standard InChI is InChI=1S/C16H8F24O/c17-1(3(19)5(21)7(23)9(25)26)2(18)4(20)6(22)8(24)10(27,28)11(29,30)12(31,32)13(33,34)14(35,36)15(37,38)16(39,40)41/h1-5,7,9,41H. The highest BCUT2D eigenvalue weighted by Crippen LogP contribution is 2.63. The van der Waals surface area contributed by atoms with Crippen molar-refractivity contribution in [1.82, 2.24) is 0 Å². The van der Waals surface area contributed by atoms with E-state index in [1.807, 2.05) is 0 Å². The Kier molecular flexibility index (Phi) is 11.0. The molecule has 0 aromatic rings. The molecule has 6 unspecified atom stereocenters. The minimum absolute atomic E-state index is 4.37. The van der Waals surface area contributed by atoms with Crippen molar-refractivity contribution in [1.29, 1.82) is 0 Å². The molecule has 6 atom stereocenters. The monoisotopic (exact) mass is 672 g/mol. The maximum absolute atomic E-state index is 13.6. The molecule has 0 aliphatic rings. The van der Waals surface area contributed by atoms with Gasteiger partial charge < -0.3 is 5.11 Å². The number of allylic oxidation sites excluding steroid dienone is 2. The van der Waals surface area contributed by atoms with Crippen molar-refractivity contribution in [2.75, 3.05) is 0 Å². The number of alkyl halides is 22. The fraction of sp³-hybridized carbons (Fsp3) is 0.875. The molecule has 0 aliphatic heterocycles. The largest absolute Gasteiger partial charge is 0.423 e. The molecule has 1 nitrogen and oxygen atoms in total. The molecule has 0 amide bonds. The zero-order chi connectivity index (χ0) is 33.7. The quantitative estimate of drug-likeness (QED) is 0.187. The molecule has 0 radical (unpaired) electrons. The van der Waals surface area contributed by atoms with Gasteiger partial charge in [0.25, 0.3) is 6.43 Å². The zero-order valence-electron chi connectivity index (χ0n) is 18.1. The van der Waals surface area contributed by atoms with E-state index in [-0.39, 0.29) is 0 Å². The summed E-state index contributed by atoms with van der Waals surface area (Å²) in [6, 6.07) is 0. The Morgan fingerprint density at radius 2 is 0.707 bits per heavy atom. The second-order valence-electron chi connectivity index (χ2n) is 7.61. The van der Waals surface area contributed by atoms with Crippen LogP contribution in [0.2, 0.25) is 0 Å². The molecule has 0 fully saturated rings. The number of hydrogen-bond acceptors (Lipinski definition) is 1. The molecule has 0 aromatic heterocycles. The highest BCUT2D eigenvalue weighted by molar-refractivity contribution is 5.23. The first-order chi connectivity index (χ1) is 17.7. The van der Waals surface area contributed by atoms with Crippen LogP contribution < -0.4 is 0 Å². The van der Waals surface area contributed by atoms with Crippen molar-refractivity contribution in [2.45, 2.75) is 85.1 Å². The van der Waals surface area contributed by atoms with Crippen LogP contribution in [0.15, 0.2) is 11.7 Å². The van der Waals surface area contributed by atoms with Gasteiger partial charge in [-0.05, 0) is 0 Å². The minimum Gasteiger partial charge on any atom is -0.331 e. The van der Waals surface area contributed by atoms with E-state index in [0.29, 0.717) is 0 Å². The Balaban J connectivity index is 6.66. The van der Waals surface area contributed by atoms with Crippen LogP contribution in [0, 0.1) is 0 Å². The van der Waals surface area contributed by atoms with Crippen LogP contribution in [0.5, 0.6) is 0 Å². The second-order valence-corrected chi connectivity index (χ2v) is 7.61. The zero-order valence-corrected chi connectivity index (χ0v) is 18.1. The van der Waals surface area contributed by atoms with Crippen molar-refractivity contribution in [3.05, 3.63) is 11.7 Å². The molecule has 0 saturated carbocycles. The molecule has 0 bridgehead atoms. The van der Waals surface area contributed by atoms with E-state index in [9.17, 15) is 105 Å². The SMILES string of the molecule is OC(F)(F)C(F)(F)C(F)(F)C(F)(F)C(F)(F)C(F)(F)C(F)(F)C(F)=C(F)C(F)C(F)C(F)C(F)C(F)C(F)C(F)F. The summed E-state index contributed by atoms with van der Waals surface area (Å²) < 4.78 is 314. The summed E-state index contributed by atoms with van der Waals surface area (Å²) in [7, 11) is 0. The molecule has 0 spiro atoms. The van der Waals surface area contributed by atoms with E-state index in [1.165, 1.54) is 0 Å². The van der Waals surface area contributed by atoms with Gasteiger partial charge in [0, 0.05) is 0 Å². The number of hydrogen-bond donors (Lipinski definition) is 1. The van der Waals surface area contributed by atoms with Crippen LogP contribution >= 0.6 is 0 Å². The third-order valence-corrected chi connectivity index (χ3v) is 4.81. The van der Waals surface area contributed by atoms with Crippen LogP contribution in [0.1, 0.15) is 0 Å². The van der Waals surface area contributed by atoms with E-state index in [4.69, 9.17) is 5.11 Å². The molecule has 0 saturated heterocycles. The summed E-state index contributed by atoms with van der Waals surface area (Å²) in [5.41, 5.74) is 0. The molecule has 0 rings (SSSR count). The Labute approximate surface area is 208 Å². The van der Waals surface area contributed by atoms with Crippen LogP contribution in [-0.4, -0.2) is 90.2 Å². The lowest BCUT2D eigenvalue weighted by Crippen LogP contribution is -2.73. The summed E-state index contributed by atoms with van der Waals surface area (Å²) in [5, 5.41) is 7.51. The van der Waals surface area contributed by atoms with Crippen LogP contribution in [-0.2, 0) is 0 Å². The molecular formula is C16H8F24O. The van der Waals surface area contributed by atoms with E-state index in [2.05, 4.69) is 0 Å². The van der Waals surface area contributed by atoms with Gasteiger partial charge in [-0.3, -0.25) is 0 Å². The first-order valence-corrected chi connectivity index (χ1v) is 9.28. The highest BCUT2D eigenvalue weighted by Gasteiger charge is 2.93. The number of aliphatic hydroxyl groups is 1. The Morgan fingerprint density at radius 3 is 1.05 bits per heavy atom. The summed E-state index contributed by atoms with van der Waals surface area (Å²) in [4.78, 5) is 0. The van der Waals surface area contributed by atoms with Gasteiger partial charge in [0.15, 0.2) is 42.9 Å². The van der Waals surface area contributed by atoms with Gasteiger partial charge in [0.1, 0.15) is 0 Å². The predicted octanol–water partition coefficient (Wildman–Crippen LogP) is 7.83. The summed E-state index contributed by atoms with van der Waals surface area (Å²) in [6.45, 7) is 0. The van der Waals surface area contributed by atoms with Crippen molar-refractivity contribution in [3.8, 4) is 0 Å². The molecular weight excluding hydrogens is 664 g/mol. The molecule has 0 aliphatic carbocycles. The van der Waals surface area contributed by atoms with Crippen molar-refractivity contribution < 1.29 is 110 Å². The van der Waals surface area contributed by atoms with Gasteiger partial charge in [-0.15, -0.1) is 0 Å². The third kappa shape index (κ3) is 6.09. The Morgan fingerprint density at radius 1 is 0.415 bits per heavy atom. The van der Waals surface area contributed by atoms with Crippen molar-refractivity contribution in [3.63, 3.8) is 0 Å². The topological polar surface area (TPSA) is 20.2 Å².